The molecule has 1 saturated heterocycles. The van der Waals surface area contributed by atoms with Crippen molar-refractivity contribution in [3.8, 4) is 5.69 Å². The third kappa shape index (κ3) is 4.82. The molecule has 1 amide bonds. The molecule has 7 nitrogen and oxygen atoms in total. The topological polar surface area (TPSA) is 67.2 Å². The van der Waals surface area contributed by atoms with Crippen LogP contribution in [-0.2, 0) is 11.2 Å². The maximum atomic E-state index is 11.9. The second-order valence-corrected chi connectivity index (χ2v) is 8.95. The minimum absolute atomic E-state index is 0.126. The number of rotatable bonds is 5. The average molecular weight is 441 g/mol. The van der Waals surface area contributed by atoms with Crippen LogP contribution in [-0.4, -0.2) is 56.7 Å². The number of halogens is 1. The molecule has 0 radical (unpaired) electrons. The zero-order valence-electron chi connectivity index (χ0n) is 18.4. The highest BCUT2D eigenvalue weighted by atomic mass is 35.5. The summed E-state index contributed by atoms with van der Waals surface area (Å²) in [5.74, 6) is 2.43. The highest BCUT2D eigenvalue weighted by molar-refractivity contribution is 6.30. The zero-order valence-corrected chi connectivity index (χ0v) is 19.1. The van der Waals surface area contributed by atoms with Gasteiger partial charge in [0.15, 0.2) is 5.65 Å². The molecule has 2 aromatic heterocycles. The van der Waals surface area contributed by atoms with Gasteiger partial charge in [0.05, 0.1) is 17.3 Å². The molecule has 0 spiro atoms. The summed E-state index contributed by atoms with van der Waals surface area (Å²) in [5.41, 5.74) is 1.67. The lowest BCUT2D eigenvalue weighted by Crippen LogP contribution is -2.34. The lowest BCUT2D eigenvalue weighted by atomic mass is 10.1. The number of anilines is 1. The Morgan fingerprint density at radius 1 is 1.16 bits per heavy atom. The average Bonchev–Trinajstić information content (AvgIpc) is 3.00. The van der Waals surface area contributed by atoms with Crippen LogP contribution < -0.4 is 4.90 Å². The summed E-state index contributed by atoms with van der Waals surface area (Å²) in [7, 11) is 0. The van der Waals surface area contributed by atoms with Crippen LogP contribution in [0.5, 0.6) is 0 Å². The highest BCUT2D eigenvalue weighted by Crippen LogP contribution is 2.28. The number of nitrogens with zero attached hydrogens (tertiary/aromatic N) is 6. The number of hydrogen-bond donors (Lipinski definition) is 0. The smallest absolute Gasteiger partial charge is 0.219 e. The summed E-state index contributed by atoms with van der Waals surface area (Å²) in [6.45, 7) is 9.13. The van der Waals surface area contributed by atoms with Gasteiger partial charge in [0.1, 0.15) is 11.6 Å². The first-order chi connectivity index (χ1) is 14.9. The number of aromatic nitrogens is 4. The van der Waals surface area contributed by atoms with Crippen molar-refractivity contribution in [1.29, 1.82) is 0 Å². The van der Waals surface area contributed by atoms with E-state index >= 15 is 0 Å². The molecule has 1 aliphatic heterocycles. The first kappa shape index (κ1) is 21.6. The third-order valence-electron chi connectivity index (χ3n) is 5.69. The van der Waals surface area contributed by atoms with Gasteiger partial charge in [-0.1, -0.05) is 31.5 Å². The monoisotopic (exact) mass is 440 g/mol. The van der Waals surface area contributed by atoms with Crippen molar-refractivity contribution in [2.75, 3.05) is 31.1 Å². The molecule has 0 bridgehead atoms. The van der Waals surface area contributed by atoms with Gasteiger partial charge in [0.25, 0.3) is 0 Å². The van der Waals surface area contributed by atoms with Crippen molar-refractivity contribution in [2.45, 2.75) is 40.0 Å². The lowest BCUT2D eigenvalue weighted by Gasteiger charge is -2.23. The van der Waals surface area contributed by atoms with E-state index in [4.69, 9.17) is 21.6 Å². The Labute approximate surface area is 188 Å². The maximum absolute atomic E-state index is 11.9. The summed E-state index contributed by atoms with van der Waals surface area (Å²) in [6.07, 6.45) is 4.59. The molecule has 1 aliphatic rings. The van der Waals surface area contributed by atoms with E-state index in [1.807, 2.05) is 40.0 Å². The molecule has 0 atom stereocenters. The highest BCUT2D eigenvalue weighted by Gasteiger charge is 2.22. The number of hydrogen-bond acceptors (Lipinski definition) is 5. The van der Waals surface area contributed by atoms with E-state index in [2.05, 4.69) is 23.8 Å². The van der Waals surface area contributed by atoms with Gasteiger partial charge in [-0.2, -0.15) is 5.10 Å². The number of aryl methyl sites for hydroxylation is 1. The molecular weight excluding hydrogens is 412 g/mol. The fraction of sp³-hybridized carbons (Fsp3) is 0.478. The normalized spacial score (nSPS) is 15.0. The quantitative estimate of drug-likeness (QED) is 0.597. The first-order valence-electron chi connectivity index (χ1n) is 10.9. The van der Waals surface area contributed by atoms with Crippen LogP contribution in [0, 0.1) is 5.92 Å². The van der Waals surface area contributed by atoms with Gasteiger partial charge < -0.3 is 9.80 Å². The second-order valence-electron chi connectivity index (χ2n) is 8.52. The Morgan fingerprint density at radius 3 is 2.74 bits per heavy atom. The van der Waals surface area contributed by atoms with Gasteiger partial charge in [-0.05, 0) is 37.0 Å². The minimum Gasteiger partial charge on any atom is -0.354 e. The number of carbonyl (C=O) groups excluding carboxylic acids is 1. The molecule has 0 saturated carbocycles. The molecule has 31 heavy (non-hydrogen) atoms. The zero-order chi connectivity index (χ0) is 22.0. The summed E-state index contributed by atoms with van der Waals surface area (Å²) in [6, 6.07) is 7.63. The lowest BCUT2D eigenvalue weighted by molar-refractivity contribution is -0.128. The van der Waals surface area contributed by atoms with Gasteiger partial charge in [-0.3, -0.25) is 4.79 Å². The van der Waals surface area contributed by atoms with E-state index in [-0.39, 0.29) is 5.91 Å². The fourth-order valence-electron chi connectivity index (χ4n) is 3.95. The molecule has 0 unspecified atom stereocenters. The third-order valence-corrected chi connectivity index (χ3v) is 5.93. The van der Waals surface area contributed by atoms with E-state index < -0.39 is 0 Å². The Morgan fingerprint density at radius 2 is 2.00 bits per heavy atom. The predicted octanol–water partition coefficient (Wildman–Crippen LogP) is 4.12. The minimum atomic E-state index is 0.126. The molecule has 1 fully saturated rings. The molecular formula is C23H29ClN6O. The van der Waals surface area contributed by atoms with E-state index in [9.17, 15) is 4.79 Å². The SMILES string of the molecule is CC(=O)N1CCCN(c2nc(CCC(C)C)nc3c2cnn3-c2cccc(Cl)c2)CC1. The summed E-state index contributed by atoms with van der Waals surface area (Å²) >= 11 is 6.22. The van der Waals surface area contributed by atoms with Gasteiger partial charge in [0.2, 0.25) is 5.91 Å². The predicted molar refractivity (Wildman–Crippen MR) is 124 cm³/mol. The van der Waals surface area contributed by atoms with Crippen LogP contribution in [0.3, 0.4) is 0 Å². The molecule has 0 N–H and O–H groups in total. The van der Waals surface area contributed by atoms with Gasteiger partial charge in [0, 0.05) is 44.5 Å². The van der Waals surface area contributed by atoms with E-state index in [0.717, 1.165) is 67.3 Å². The molecule has 4 rings (SSSR count). The summed E-state index contributed by atoms with van der Waals surface area (Å²) in [5, 5.41) is 6.21. The van der Waals surface area contributed by atoms with Gasteiger partial charge >= 0.3 is 0 Å². The summed E-state index contributed by atoms with van der Waals surface area (Å²) in [4.78, 5) is 25.9. The number of benzene rings is 1. The van der Waals surface area contributed by atoms with E-state index in [0.29, 0.717) is 17.5 Å². The molecule has 8 heteroatoms. The van der Waals surface area contributed by atoms with E-state index in [1.165, 1.54) is 0 Å². The van der Waals surface area contributed by atoms with E-state index in [1.54, 1.807) is 6.92 Å². The Hall–Kier alpha value is -2.67. The molecule has 1 aromatic carbocycles. The molecule has 164 valence electrons. The number of fused-ring (bicyclic) bond motifs is 1. The Balaban J connectivity index is 1.77. The fourth-order valence-corrected chi connectivity index (χ4v) is 4.13. The maximum Gasteiger partial charge on any atom is 0.219 e. The molecule has 3 aromatic rings. The van der Waals surface area contributed by atoms with Crippen LogP contribution in [0.4, 0.5) is 5.82 Å². The van der Waals surface area contributed by atoms with Crippen molar-refractivity contribution < 1.29 is 4.79 Å². The van der Waals surface area contributed by atoms with Gasteiger partial charge in [-0.25, -0.2) is 14.6 Å². The van der Waals surface area contributed by atoms with Crippen molar-refractivity contribution in [2.24, 2.45) is 5.92 Å². The van der Waals surface area contributed by atoms with Gasteiger partial charge in [-0.15, -0.1) is 0 Å². The number of amides is 1. The van der Waals surface area contributed by atoms with Crippen LogP contribution in [0.25, 0.3) is 16.7 Å². The van der Waals surface area contributed by atoms with Crippen molar-refractivity contribution >= 4 is 34.4 Å². The Kier molecular flexibility index (Phi) is 6.41. The molecule has 3 heterocycles. The van der Waals surface area contributed by atoms with Crippen LogP contribution in [0.15, 0.2) is 30.5 Å². The summed E-state index contributed by atoms with van der Waals surface area (Å²) < 4.78 is 1.84. The standard InChI is InChI=1S/C23H29ClN6O/c1-16(2)8-9-21-26-22(29-11-5-10-28(12-13-29)17(3)31)20-15-25-30(23(20)27-21)19-7-4-6-18(24)14-19/h4,6-7,14-16H,5,8-13H2,1-3H3. The molecule has 0 aliphatic carbocycles. The van der Waals surface area contributed by atoms with Crippen molar-refractivity contribution in [3.63, 3.8) is 0 Å². The van der Waals surface area contributed by atoms with Crippen molar-refractivity contribution in [1.82, 2.24) is 24.6 Å². The second kappa shape index (κ2) is 9.22. The van der Waals surface area contributed by atoms with Crippen LogP contribution >= 0.6 is 11.6 Å². The Bertz CT molecular complexity index is 1080. The number of carbonyl (C=O) groups is 1. The van der Waals surface area contributed by atoms with Crippen molar-refractivity contribution in [3.05, 3.63) is 41.3 Å². The largest absolute Gasteiger partial charge is 0.354 e. The van der Waals surface area contributed by atoms with Crippen LogP contribution in [0.2, 0.25) is 5.02 Å². The first-order valence-corrected chi connectivity index (χ1v) is 11.3. The van der Waals surface area contributed by atoms with Crippen LogP contribution in [0.1, 0.15) is 39.4 Å².